The highest BCUT2D eigenvalue weighted by atomic mass is 16.5. The molecular weight excluding hydrogens is 312 g/mol. The zero-order valence-electron chi connectivity index (χ0n) is 15.0. The van der Waals surface area contributed by atoms with E-state index in [1.54, 1.807) is 6.20 Å². The number of nitrogens with zero attached hydrogens (tertiary/aromatic N) is 3. The third-order valence-corrected chi connectivity index (χ3v) is 5.46. The van der Waals surface area contributed by atoms with E-state index in [1.165, 1.54) is 24.9 Å². The Morgan fingerprint density at radius 3 is 2.80 bits per heavy atom. The monoisotopic (exact) mass is 340 g/mol. The quantitative estimate of drug-likeness (QED) is 0.908. The number of aromatic nitrogens is 2. The molecule has 3 atom stereocenters. The molecule has 134 valence electrons. The fraction of sp³-hybridized carbons (Fsp3) is 0.550. The summed E-state index contributed by atoms with van der Waals surface area (Å²) in [6, 6.07) is 11.0. The lowest BCUT2D eigenvalue weighted by molar-refractivity contribution is 0.0563. The zero-order valence-corrected chi connectivity index (χ0v) is 15.0. The van der Waals surface area contributed by atoms with E-state index in [0.717, 1.165) is 31.9 Å². The molecule has 0 aliphatic carbocycles. The average molecular weight is 340 g/mol. The third kappa shape index (κ3) is 4.05. The number of ether oxygens (including phenoxy) is 1. The van der Waals surface area contributed by atoms with E-state index in [-0.39, 0.29) is 0 Å². The second-order valence-electron chi connectivity index (χ2n) is 7.41. The van der Waals surface area contributed by atoms with Gasteiger partial charge in [-0.2, -0.15) is 5.10 Å². The molecule has 0 radical (unpaired) electrons. The predicted octanol–water partition coefficient (Wildman–Crippen LogP) is 3.17. The number of benzene rings is 1. The summed E-state index contributed by atoms with van der Waals surface area (Å²) in [4.78, 5) is 2.58. The molecule has 2 aliphatic heterocycles. The van der Waals surface area contributed by atoms with Gasteiger partial charge in [-0.1, -0.05) is 6.92 Å². The summed E-state index contributed by atoms with van der Waals surface area (Å²) in [6.45, 7) is 6.73. The molecule has 0 unspecified atom stereocenters. The van der Waals surface area contributed by atoms with E-state index in [1.807, 2.05) is 16.9 Å². The van der Waals surface area contributed by atoms with Crippen molar-refractivity contribution in [1.82, 2.24) is 14.7 Å². The van der Waals surface area contributed by atoms with Crippen LogP contribution in [-0.4, -0.2) is 53.1 Å². The van der Waals surface area contributed by atoms with Gasteiger partial charge in [-0.3, -0.25) is 0 Å². The van der Waals surface area contributed by atoms with Crippen molar-refractivity contribution in [3.05, 3.63) is 42.7 Å². The van der Waals surface area contributed by atoms with Gasteiger partial charge in [0.15, 0.2) is 0 Å². The van der Waals surface area contributed by atoms with Gasteiger partial charge in [0, 0.05) is 50.4 Å². The number of hydrogen-bond donors (Lipinski definition) is 1. The number of hydrogen-bond acceptors (Lipinski definition) is 4. The van der Waals surface area contributed by atoms with Gasteiger partial charge in [-0.05, 0) is 55.5 Å². The first-order valence-electron chi connectivity index (χ1n) is 9.48. The van der Waals surface area contributed by atoms with E-state index in [0.29, 0.717) is 18.1 Å². The summed E-state index contributed by atoms with van der Waals surface area (Å²) in [5.74, 6) is 0.640. The van der Waals surface area contributed by atoms with Gasteiger partial charge in [0.25, 0.3) is 0 Å². The Hall–Kier alpha value is -1.85. The Kier molecular flexibility index (Phi) is 5.04. The van der Waals surface area contributed by atoms with Crippen molar-refractivity contribution in [3.63, 3.8) is 0 Å². The molecule has 0 saturated carbocycles. The summed E-state index contributed by atoms with van der Waals surface area (Å²) >= 11 is 0. The lowest BCUT2D eigenvalue weighted by atomic mass is 9.93. The molecule has 2 aromatic rings. The lowest BCUT2D eigenvalue weighted by Gasteiger charge is -2.38. The maximum atomic E-state index is 5.79. The van der Waals surface area contributed by atoms with E-state index in [2.05, 4.69) is 46.5 Å². The van der Waals surface area contributed by atoms with E-state index in [4.69, 9.17) is 4.74 Å². The average Bonchev–Trinajstić information content (AvgIpc) is 3.32. The fourth-order valence-electron chi connectivity index (χ4n) is 4.03. The van der Waals surface area contributed by atoms with E-state index in [9.17, 15) is 0 Å². The van der Waals surface area contributed by atoms with Crippen LogP contribution in [-0.2, 0) is 4.74 Å². The number of nitrogens with one attached hydrogen (secondary N) is 1. The highest BCUT2D eigenvalue weighted by Crippen LogP contribution is 2.23. The molecule has 2 fully saturated rings. The summed E-state index contributed by atoms with van der Waals surface area (Å²) in [5.41, 5.74) is 2.29. The largest absolute Gasteiger partial charge is 0.382 e. The third-order valence-electron chi connectivity index (χ3n) is 5.46. The Labute approximate surface area is 150 Å². The first-order valence-corrected chi connectivity index (χ1v) is 9.48. The molecule has 25 heavy (non-hydrogen) atoms. The van der Waals surface area contributed by atoms with Crippen molar-refractivity contribution in [2.75, 3.05) is 31.6 Å². The van der Waals surface area contributed by atoms with Gasteiger partial charge in [-0.15, -0.1) is 0 Å². The molecule has 0 bridgehead atoms. The molecule has 1 aromatic carbocycles. The van der Waals surface area contributed by atoms with Crippen molar-refractivity contribution >= 4 is 5.69 Å². The molecule has 5 heteroatoms. The second kappa shape index (κ2) is 7.58. The van der Waals surface area contributed by atoms with Gasteiger partial charge < -0.3 is 15.0 Å². The van der Waals surface area contributed by atoms with Gasteiger partial charge >= 0.3 is 0 Å². The van der Waals surface area contributed by atoms with Crippen LogP contribution in [0, 0.1) is 5.92 Å². The first-order chi connectivity index (χ1) is 12.3. The second-order valence-corrected chi connectivity index (χ2v) is 7.41. The predicted molar refractivity (Wildman–Crippen MR) is 100 cm³/mol. The molecule has 1 aromatic heterocycles. The van der Waals surface area contributed by atoms with Crippen LogP contribution in [0.2, 0.25) is 0 Å². The van der Waals surface area contributed by atoms with Crippen LogP contribution in [0.1, 0.15) is 26.2 Å². The molecule has 1 N–H and O–H groups in total. The molecule has 0 amide bonds. The molecule has 4 rings (SSSR count). The molecular formula is C20H28N4O. The van der Waals surface area contributed by atoms with Crippen molar-refractivity contribution in [2.45, 2.75) is 38.3 Å². The van der Waals surface area contributed by atoms with Crippen molar-refractivity contribution in [2.24, 2.45) is 5.92 Å². The fourth-order valence-corrected chi connectivity index (χ4v) is 4.03. The summed E-state index contributed by atoms with van der Waals surface area (Å²) < 4.78 is 7.68. The molecule has 0 spiro atoms. The SMILES string of the molecule is C[C@@H]1CN(C[C@H]2CCCO2)CC[C@H]1Nc1ccc(-n2cccn2)cc1. The minimum atomic E-state index is 0.464. The number of anilines is 1. The van der Waals surface area contributed by atoms with Crippen molar-refractivity contribution < 1.29 is 4.74 Å². The minimum absolute atomic E-state index is 0.464. The zero-order chi connectivity index (χ0) is 17.1. The number of rotatable bonds is 5. The van der Waals surface area contributed by atoms with Crippen LogP contribution >= 0.6 is 0 Å². The summed E-state index contributed by atoms with van der Waals surface area (Å²) in [7, 11) is 0. The highest BCUT2D eigenvalue weighted by molar-refractivity contribution is 5.49. The summed E-state index contributed by atoms with van der Waals surface area (Å²) in [6.07, 6.45) is 7.88. The van der Waals surface area contributed by atoms with Crippen LogP contribution in [0.15, 0.2) is 42.7 Å². The van der Waals surface area contributed by atoms with E-state index < -0.39 is 0 Å². The maximum absolute atomic E-state index is 5.79. The smallest absolute Gasteiger partial charge is 0.0702 e. The molecule has 2 saturated heterocycles. The van der Waals surface area contributed by atoms with Crippen LogP contribution in [0.4, 0.5) is 5.69 Å². The minimum Gasteiger partial charge on any atom is -0.382 e. The topological polar surface area (TPSA) is 42.3 Å². The van der Waals surface area contributed by atoms with Crippen LogP contribution in [0.3, 0.4) is 0 Å². The van der Waals surface area contributed by atoms with Crippen LogP contribution in [0.5, 0.6) is 0 Å². The lowest BCUT2D eigenvalue weighted by Crippen LogP contribution is -2.47. The summed E-state index contributed by atoms with van der Waals surface area (Å²) in [5, 5.41) is 8.00. The van der Waals surface area contributed by atoms with Crippen LogP contribution < -0.4 is 5.32 Å². The van der Waals surface area contributed by atoms with E-state index >= 15 is 0 Å². The number of piperidine rings is 1. The van der Waals surface area contributed by atoms with Crippen molar-refractivity contribution in [3.8, 4) is 5.69 Å². The molecule has 5 nitrogen and oxygen atoms in total. The normalized spacial score (nSPS) is 27.5. The molecule has 2 aliphatic rings. The number of likely N-dealkylation sites (tertiary alicyclic amines) is 1. The van der Waals surface area contributed by atoms with Crippen molar-refractivity contribution in [1.29, 1.82) is 0 Å². The Balaban J connectivity index is 1.31. The molecule has 3 heterocycles. The van der Waals surface area contributed by atoms with Gasteiger partial charge in [0.1, 0.15) is 0 Å². The standard InChI is InChI=1S/C20H28N4O/c1-16-14-23(15-19-4-2-13-25-19)12-9-20(16)22-17-5-7-18(8-6-17)24-11-3-10-21-24/h3,5-8,10-11,16,19-20,22H,2,4,9,12-15H2,1H3/t16-,19-,20-/m1/s1. The Morgan fingerprint density at radius 2 is 2.12 bits per heavy atom. The van der Waals surface area contributed by atoms with Gasteiger partial charge in [-0.25, -0.2) is 4.68 Å². The first kappa shape index (κ1) is 16.6. The highest BCUT2D eigenvalue weighted by Gasteiger charge is 2.28. The Morgan fingerprint density at radius 1 is 1.24 bits per heavy atom. The Bertz CT molecular complexity index is 649. The van der Waals surface area contributed by atoms with Gasteiger partial charge in [0.05, 0.1) is 11.8 Å². The van der Waals surface area contributed by atoms with Gasteiger partial charge in [0.2, 0.25) is 0 Å². The van der Waals surface area contributed by atoms with Crippen LogP contribution in [0.25, 0.3) is 5.69 Å². The maximum Gasteiger partial charge on any atom is 0.0702 e.